The average Bonchev–Trinajstić information content (AvgIpc) is 2.73. The number of benzene rings is 2. The van der Waals surface area contributed by atoms with Crippen molar-refractivity contribution in [1.29, 1.82) is 0 Å². The van der Waals surface area contributed by atoms with Crippen LogP contribution in [0.4, 0.5) is 5.69 Å². The SMILES string of the molecule is CC1(C)[C@H](C(=O)O)C[C@H]1C(=O)NC(Cc1ccc(NC(=O)c2c(Cl)cccc2Cl)cc1)C(=O)O. The predicted octanol–water partition coefficient (Wildman–Crippen LogP) is 4.10. The van der Waals surface area contributed by atoms with Gasteiger partial charge in [0.25, 0.3) is 5.91 Å². The first-order valence-corrected chi connectivity index (χ1v) is 11.3. The number of carbonyl (C=O) groups excluding carboxylic acids is 2. The molecule has 1 aliphatic rings. The molecule has 1 unspecified atom stereocenters. The molecule has 0 aliphatic heterocycles. The van der Waals surface area contributed by atoms with Gasteiger partial charge in [-0.15, -0.1) is 0 Å². The Morgan fingerprint density at radius 2 is 1.59 bits per heavy atom. The summed E-state index contributed by atoms with van der Waals surface area (Å²) in [6, 6.07) is 10.0. The maximum absolute atomic E-state index is 12.6. The van der Waals surface area contributed by atoms with Crippen LogP contribution in [-0.4, -0.2) is 40.0 Å². The number of hydrogen-bond acceptors (Lipinski definition) is 4. The Hall–Kier alpha value is -3.10. The largest absolute Gasteiger partial charge is 0.481 e. The normalized spacial score (nSPS) is 19.4. The summed E-state index contributed by atoms with van der Waals surface area (Å²) >= 11 is 12.1. The zero-order valence-corrected chi connectivity index (χ0v) is 20.0. The fraction of sp³-hybridized carbons (Fsp3) is 0.333. The Kier molecular flexibility index (Phi) is 7.53. The standard InChI is InChI=1S/C24H24Cl2N2O6/c1-24(2)14(11-15(24)22(31)32)20(29)28-18(23(33)34)10-12-6-8-13(9-7-12)27-21(30)19-16(25)4-3-5-17(19)26/h3-9,14-15,18H,10-11H2,1-2H3,(H,27,30)(H,28,29)(H,31,32)(H,33,34)/t14-,15-,18?/m0/s1. The molecule has 1 aliphatic carbocycles. The van der Waals surface area contributed by atoms with E-state index in [2.05, 4.69) is 10.6 Å². The van der Waals surface area contributed by atoms with E-state index in [1.807, 2.05) is 0 Å². The van der Waals surface area contributed by atoms with Gasteiger partial charge in [0.15, 0.2) is 0 Å². The number of amides is 2. The molecular weight excluding hydrogens is 483 g/mol. The summed E-state index contributed by atoms with van der Waals surface area (Å²) in [6.07, 6.45) is 0.186. The van der Waals surface area contributed by atoms with Gasteiger partial charge in [-0.2, -0.15) is 0 Å². The minimum atomic E-state index is -1.20. The summed E-state index contributed by atoms with van der Waals surface area (Å²) < 4.78 is 0. The van der Waals surface area contributed by atoms with E-state index >= 15 is 0 Å². The van der Waals surface area contributed by atoms with Crippen molar-refractivity contribution < 1.29 is 29.4 Å². The van der Waals surface area contributed by atoms with Crippen molar-refractivity contribution in [2.75, 3.05) is 5.32 Å². The van der Waals surface area contributed by atoms with Crippen molar-refractivity contribution in [3.05, 3.63) is 63.6 Å². The second kappa shape index (κ2) is 10.0. The number of carboxylic acid groups (broad SMARTS) is 2. The Labute approximate surface area is 206 Å². The summed E-state index contributed by atoms with van der Waals surface area (Å²) in [7, 11) is 0. The van der Waals surface area contributed by atoms with E-state index in [9.17, 15) is 29.4 Å². The van der Waals surface area contributed by atoms with Gasteiger partial charge < -0.3 is 20.8 Å². The van der Waals surface area contributed by atoms with Crippen molar-refractivity contribution in [3.63, 3.8) is 0 Å². The molecule has 0 bridgehead atoms. The molecule has 180 valence electrons. The maximum atomic E-state index is 12.6. The van der Waals surface area contributed by atoms with Crippen LogP contribution >= 0.6 is 23.2 Å². The van der Waals surface area contributed by atoms with Crippen LogP contribution < -0.4 is 10.6 Å². The minimum Gasteiger partial charge on any atom is -0.481 e. The molecule has 4 N–H and O–H groups in total. The van der Waals surface area contributed by atoms with E-state index in [1.54, 1.807) is 56.3 Å². The van der Waals surface area contributed by atoms with Gasteiger partial charge in [-0.1, -0.05) is 55.2 Å². The molecule has 2 aromatic carbocycles. The minimum absolute atomic E-state index is 0.0150. The molecule has 0 heterocycles. The Balaban J connectivity index is 1.63. The zero-order chi connectivity index (χ0) is 25.2. The van der Waals surface area contributed by atoms with Gasteiger partial charge in [0.1, 0.15) is 6.04 Å². The molecular formula is C24H24Cl2N2O6. The fourth-order valence-corrected chi connectivity index (χ4v) is 4.70. The van der Waals surface area contributed by atoms with Crippen LogP contribution in [0.2, 0.25) is 10.0 Å². The molecule has 34 heavy (non-hydrogen) atoms. The van der Waals surface area contributed by atoms with Crippen LogP contribution in [0.5, 0.6) is 0 Å². The van der Waals surface area contributed by atoms with Crippen molar-refractivity contribution in [3.8, 4) is 0 Å². The summed E-state index contributed by atoms with van der Waals surface area (Å²) in [5.74, 6) is -4.35. The zero-order valence-electron chi connectivity index (χ0n) is 18.5. The first-order valence-electron chi connectivity index (χ1n) is 10.5. The number of nitrogens with one attached hydrogen (secondary N) is 2. The topological polar surface area (TPSA) is 133 Å². The monoisotopic (exact) mass is 506 g/mol. The number of halogens is 2. The smallest absolute Gasteiger partial charge is 0.326 e. The molecule has 3 atom stereocenters. The van der Waals surface area contributed by atoms with Crippen molar-refractivity contribution in [1.82, 2.24) is 5.32 Å². The quantitative estimate of drug-likeness (QED) is 0.425. The molecule has 0 spiro atoms. The molecule has 2 amide bonds. The first-order chi connectivity index (χ1) is 15.9. The molecule has 2 aromatic rings. The highest BCUT2D eigenvalue weighted by atomic mass is 35.5. The third kappa shape index (κ3) is 5.34. The second-order valence-electron chi connectivity index (χ2n) is 8.85. The van der Waals surface area contributed by atoms with Gasteiger partial charge in [0, 0.05) is 18.0 Å². The highest BCUT2D eigenvalue weighted by Crippen LogP contribution is 2.51. The Morgan fingerprint density at radius 1 is 1.00 bits per heavy atom. The van der Waals surface area contributed by atoms with Crippen LogP contribution in [0.3, 0.4) is 0 Å². The van der Waals surface area contributed by atoms with Crippen LogP contribution in [0.15, 0.2) is 42.5 Å². The number of rotatable bonds is 8. The molecule has 0 radical (unpaired) electrons. The Morgan fingerprint density at radius 3 is 2.09 bits per heavy atom. The number of aliphatic carboxylic acids is 2. The van der Waals surface area contributed by atoms with Gasteiger partial charge in [-0.25, -0.2) is 4.79 Å². The van der Waals surface area contributed by atoms with Crippen molar-refractivity contribution >= 4 is 52.6 Å². The number of anilines is 1. The third-order valence-electron chi connectivity index (χ3n) is 6.34. The highest BCUT2D eigenvalue weighted by Gasteiger charge is 2.55. The molecule has 0 saturated heterocycles. The van der Waals surface area contributed by atoms with E-state index in [-0.39, 0.29) is 28.5 Å². The predicted molar refractivity (Wildman–Crippen MR) is 127 cm³/mol. The van der Waals surface area contributed by atoms with E-state index in [0.29, 0.717) is 11.3 Å². The third-order valence-corrected chi connectivity index (χ3v) is 6.97. The first kappa shape index (κ1) is 25.5. The van der Waals surface area contributed by atoms with Crippen LogP contribution in [0, 0.1) is 17.3 Å². The summed E-state index contributed by atoms with van der Waals surface area (Å²) in [4.78, 5) is 48.2. The summed E-state index contributed by atoms with van der Waals surface area (Å²) in [5.41, 5.74) is 0.463. The average molecular weight is 507 g/mol. The van der Waals surface area contributed by atoms with Crippen molar-refractivity contribution in [2.24, 2.45) is 17.3 Å². The lowest BCUT2D eigenvalue weighted by Crippen LogP contribution is -2.57. The Bertz CT molecular complexity index is 1110. The van der Waals surface area contributed by atoms with Gasteiger partial charge in [0.05, 0.1) is 21.5 Å². The number of hydrogen-bond donors (Lipinski definition) is 4. The van der Waals surface area contributed by atoms with E-state index in [0.717, 1.165) is 0 Å². The molecule has 0 aromatic heterocycles. The van der Waals surface area contributed by atoms with Gasteiger partial charge in [0.2, 0.25) is 5.91 Å². The van der Waals surface area contributed by atoms with Crippen LogP contribution in [0.1, 0.15) is 36.2 Å². The van der Waals surface area contributed by atoms with Gasteiger partial charge in [-0.05, 0) is 41.7 Å². The second-order valence-corrected chi connectivity index (χ2v) is 9.67. The van der Waals surface area contributed by atoms with Crippen molar-refractivity contribution in [2.45, 2.75) is 32.7 Å². The number of carboxylic acids is 2. The van der Waals surface area contributed by atoms with Gasteiger partial charge >= 0.3 is 11.9 Å². The fourth-order valence-electron chi connectivity index (χ4n) is 4.13. The van der Waals surface area contributed by atoms with E-state index < -0.39 is 47.0 Å². The van der Waals surface area contributed by atoms with Gasteiger partial charge in [-0.3, -0.25) is 14.4 Å². The molecule has 3 rings (SSSR count). The summed E-state index contributed by atoms with van der Waals surface area (Å²) in [5, 5.41) is 24.5. The summed E-state index contributed by atoms with van der Waals surface area (Å²) in [6.45, 7) is 3.39. The molecule has 10 heteroatoms. The van der Waals surface area contributed by atoms with Crippen LogP contribution in [0.25, 0.3) is 0 Å². The number of carbonyl (C=O) groups is 4. The lowest BCUT2D eigenvalue weighted by Gasteiger charge is -2.48. The maximum Gasteiger partial charge on any atom is 0.326 e. The highest BCUT2D eigenvalue weighted by molar-refractivity contribution is 6.40. The molecule has 8 nitrogen and oxygen atoms in total. The molecule has 1 saturated carbocycles. The van der Waals surface area contributed by atoms with E-state index in [1.165, 1.54) is 0 Å². The van der Waals surface area contributed by atoms with E-state index in [4.69, 9.17) is 23.2 Å². The lowest BCUT2D eigenvalue weighted by molar-refractivity contribution is -0.164. The molecule has 1 fully saturated rings. The lowest BCUT2D eigenvalue weighted by atomic mass is 9.54. The van der Waals surface area contributed by atoms with Crippen LogP contribution in [-0.2, 0) is 20.8 Å².